The lowest BCUT2D eigenvalue weighted by molar-refractivity contribution is -0.295. The molecule has 1 aromatic carbocycles. The summed E-state index contributed by atoms with van der Waals surface area (Å²) in [6, 6.07) is 7.96. The van der Waals surface area contributed by atoms with Gasteiger partial charge in [0.25, 0.3) is 0 Å². The summed E-state index contributed by atoms with van der Waals surface area (Å²) in [5.41, 5.74) is -2.61. The second kappa shape index (κ2) is 16.8. The largest absolute Gasteiger partial charge is 0.464 e. The van der Waals surface area contributed by atoms with Crippen molar-refractivity contribution in [2.75, 3.05) is 61.0 Å². The van der Waals surface area contributed by atoms with Crippen LogP contribution >= 0.6 is 0 Å². The summed E-state index contributed by atoms with van der Waals surface area (Å²) >= 11 is 0. The number of ether oxygens (including phenoxy) is 4. The number of esters is 1. The van der Waals surface area contributed by atoms with Gasteiger partial charge in [0, 0.05) is 38.7 Å². The predicted octanol–water partition coefficient (Wildman–Crippen LogP) is 3.03. The number of aliphatic hydroxyl groups excluding tert-OH is 1. The fourth-order valence-electron chi connectivity index (χ4n) is 7.12. The number of nitrogens with zero attached hydrogens (tertiary/aromatic N) is 3. The van der Waals surface area contributed by atoms with E-state index in [1.807, 2.05) is 39.9 Å². The van der Waals surface area contributed by atoms with Crippen LogP contribution < -0.4 is 0 Å². The molecule has 2 aliphatic rings. The van der Waals surface area contributed by atoms with Crippen LogP contribution in [0.3, 0.4) is 0 Å². The molecule has 0 aliphatic carbocycles. The van der Waals surface area contributed by atoms with E-state index in [1.54, 1.807) is 44.4 Å². The molecule has 2 heterocycles. The van der Waals surface area contributed by atoms with Crippen molar-refractivity contribution in [3.05, 3.63) is 30.3 Å². The molecule has 1 aromatic rings. The van der Waals surface area contributed by atoms with Crippen molar-refractivity contribution in [2.24, 2.45) is 17.3 Å². The quantitative estimate of drug-likeness (QED) is 0.347. The summed E-state index contributed by atoms with van der Waals surface area (Å²) in [4.78, 5) is 32.1. The highest BCUT2D eigenvalue weighted by atomic mass is 32.2. The Kier molecular flexibility index (Phi) is 14.2. The monoisotopic (exact) mass is 697 g/mol. The molecular formula is C35H59N3O9S. The Morgan fingerprint density at radius 1 is 1.02 bits per heavy atom. The van der Waals surface area contributed by atoms with Gasteiger partial charge in [0.05, 0.1) is 22.7 Å². The van der Waals surface area contributed by atoms with Crippen molar-refractivity contribution in [2.45, 2.75) is 102 Å². The van der Waals surface area contributed by atoms with Gasteiger partial charge in [-0.2, -0.15) is 4.31 Å². The number of hydrogen-bond donors (Lipinski definition) is 1. The maximum Gasteiger partial charge on any atom is 0.319 e. The number of Topliss-reactive ketones (excluding diaryl/α,β-unsaturated/α-hetero) is 1. The first kappa shape index (κ1) is 40.5. The minimum Gasteiger partial charge on any atom is -0.464 e. The lowest BCUT2D eigenvalue weighted by atomic mass is 9.74. The molecule has 48 heavy (non-hydrogen) atoms. The molecule has 0 unspecified atom stereocenters. The smallest absolute Gasteiger partial charge is 0.319 e. The third-order valence-electron chi connectivity index (χ3n) is 9.90. The Labute approximate surface area is 288 Å². The number of hydrogen-bond acceptors (Lipinski definition) is 11. The van der Waals surface area contributed by atoms with Crippen molar-refractivity contribution in [1.29, 1.82) is 0 Å². The van der Waals surface area contributed by atoms with Gasteiger partial charge in [-0.3, -0.25) is 9.59 Å². The lowest BCUT2D eigenvalue weighted by Crippen LogP contribution is -2.59. The Morgan fingerprint density at radius 3 is 2.27 bits per heavy atom. The van der Waals surface area contributed by atoms with Crippen LogP contribution in [0.15, 0.2) is 35.2 Å². The molecule has 0 bridgehead atoms. The first-order valence-corrected chi connectivity index (χ1v) is 18.4. The van der Waals surface area contributed by atoms with Gasteiger partial charge in [-0.15, -0.1) is 0 Å². The summed E-state index contributed by atoms with van der Waals surface area (Å²) in [6.45, 7) is 11.9. The number of carbonyl (C=O) groups is 2. The first-order chi connectivity index (χ1) is 22.3. The normalized spacial score (nSPS) is 34.5. The SMILES string of the molecule is CO[C@]1(C)C[C@@H](C)CN(C)CCCN(S(=O)(=O)c2ccccc2)CCOC(=O)C(C)(C)C(=O)[C@H](C)[C@H]1O[C@@H]1O[C@H](C)C[C@H](N(C)C)[C@H]1O. The second-order valence-corrected chi connectivity index (χ2v) is 16.6. The van der Waals surface area contributed by atoms with E-state index >= 15 is 0 Å². The number of methoxy groups -OCH3 is 1. The fourth-order valence-corrected chi connectivity index (χ4v) is 8.61. The van der Waals surface area contributed by atoms with Gasteiger partial charge in [0.1, 0.15) is 18.1 Å². The average molecular weight is 698 g/mol. The molecule has 3 rings (SSSR count). The van der Waals surface area contributed by atoms with Crippen molar-refractivity contribution in [3.8, 4) is 0 Å². The number of aliphatic hydroxyl groups is 1. The van der Waals surface area contributed by atoms with E-state index in [0.29, 0.717) is 32.4 Å². The summed E-state index contributed by atoms with van der Waals surface area (Å²) in [5.74, 6) is -2.00. The van der Waals surface area contributed by atoms with Crippen molar-refractivity contribution >= 4 is 21.8 Å². The molecule has 13 heteroatoms. The zero-order chi connectivity index (χ0) is 36.0. The van der Waals surface area contributed by atoms with Gasteiger partial charge in [-0.05, 0) is 92.7 Å². The number of rotatable bonds is 6. The number of cyclic esters (lactones) is 1. The number of benzene rings is 1. The molecule has 0 radical (unpaired) electrons. The zero-order valence-electron chi connectivity index (χ0n) is 30.5. The highest BCUT2D eigenvalue weighted by Gasteiger charge is 2.51. The maximum absolute atomic E-state index is 14.3. The van der Waals surface area contributed by atoms with Gasteiger partial charge in [-0.1, -0.05) is 32.0 Å². The van der Waals surface area contributed by atoms with Gasteiger partial charge in [0.2, 0.25) is 10.0 Å². The van der Waals surface area contributed by atoms with Crippen LogP contribution in [0.2, 0.25) is 0 Å². The molecular weight excluding hydrogens is 638 g/mol. The van der Waals surface area contributed by atoms with Crippen molar-refractivity contribution in [3.63, 3.8) is 0 Å². The fraction of sp³-hybridized carbons (Fsp3) is 0.771. The average Bonchev–Trinajstić information content (AvgIpc) is 3.02. The minimum absolute atomic E-state index is 0.0570. The van der Waals surface area contributed by atoms with E-state index in [1.165, 1.54) is 18.2 Å². The summed E-state index contributed by atoms with van der Waals surface area (Å²) in [7, 11) is 3.51. The van der Waals surface area contributed by atoms with Crippen LogP contribution in [0, 0.1) is 17.3 Å². The van der Waals surface area contributed by atoms with Gasteiger partial charge < -0.3 is 33.9 Å². The van der Waals surface area contributed by atoms with E-state index in [0.717, 1.165) is 0 Å². The van der Waals surface area contributed by atoms with Gasteiger partial charge >= 0.3 is 5.97 Å². The molecule has 0 aromatic heterocycles. The Bertz CT molecular complexity index is 1310. The maximum atomic E-state index is 14.3. The van der Waals surface area contributed by atoms with Crippen LogP contribution in [0.25, 0.3) is 0 Å². The zero-order valence-corrected chi connectivity index (χ0v) is 31.4. The molecule has 0 amide bonds. The lowest BCUT2D eigenvalue weighted by Gasteiger charge is -2.47. The molecule has 12 nitrogen and oxygen atoms in total. The highest BCUT2D eigenvalue weighted by molar-refractivity contribution is 7.89. The van der Waals surface area contributed by atoms with Gasteiger partial charge in [-0.25, -0.2) is 8.42 Å². The highest BCUT2D eigenvalue weighted by Crippen LogP contribution is 2.38. The van der Waals surface area contributed by atoms with E-state index in [9.17, 15) is 23.1 Å². The molecule has 1 N–H and O–H groups in total. The number of carbonyl (C=O) groups excluding carboxylic acids is 2. The molecule has 0 saturated carbocycles. The van der Waals surface area contributed by atoms with Crippen LogP contribution in [0.4, 0.5) is 0 Å². The Morgan fingerprint density at radius 2 is 1.67 bits per heavy atom. The van der Waals surface area contributed by atoms with Crippen molar-refractivity contribution in [1.82, 2.24) is 14.1 Å². The molecule has 2 fully saturated rings. The molecule has 8 atom stereocenters. The standard InChI is InChI=1S/C35H59N3O9S/c1-24-22-35(6,44-10)31(47-32-29(39)28(36(7)8)21-25(2)46-32)26(3)30(40)34(4,5)33(41)45-20-19-38(18-14-17-37(9)23-24)48(42,43)27-15-12-11-13-16-27/h11-13,15-16,24-26,28-29,31-32,39H,14,17-23H2,1-10H3/t24-,25-,26+,28+,29-,31-,32+,35-/m1/s1. The number of ketones is 1. The van der Waals surface area contributed by atoms with Crippen LogP contribution in [0.1, 0.15) is 60.8 Å². The van der Waals surface area contributed by atoms with Crippen molar-refractivity contribution < 1.29 is 42.1 Å². The first-order valence-electron chi connectivity index (χ1n) is 17.0. The summed E-state index contributed by atoms with van der Waals surface area (Å²) in [5, 5.41) is 11.3. The van der Waals surface area contributed by atoms with E-state index < -0.39 is 57.2 Å². The number of sulfonamides is 1. The summed E-state index contributed by atoms with van der Waals surface area (Å²) < 4.78 is 53.0. The Hall–Kier alpha value is -1.97. The molecule has 2 aliphatic heterocycles. The number of likely N-dealkylation sites (N-methyl/N-ethyl adjacent to an activating group) is 1. The third kappa shape index (κ3) is 9.63. The van der Waals surface area contributed by atoms with Crippen LogP contribution in [-0.2, 0) is 38.6 Å². The van der Waals surface area contributed by atoms with E-state index in [4.69, 9.17) is 18.9 Å². The van der Waals surface area contributed by atoms with Gasteiger partial charge in [0.15, 0.2) is 12.1 Å². The predicted molar refractivity (Wildman–Crippen MR) is 183 cm³/mol. The molecule has 274 valence electrons. The van der Waals surface area contributed by atoms with Crippen LogP contribution in [-0.4, -0.2) is 137 Å². The molecule has 2 saturated heterocycles. The van der Waals surface area contributed by atoms with E-state index in [2.05, 4.69) is 11.8 Å². The van der Waals surface area contributed by atoms with E-state index in [-0.39, 0.29) is 42.7 Å². The minimum atomic E-state index is -3.85. The molecule has 0 spiro atoms. The van der Waals surface area contributed by atoms with Crippen LogP contribution in [0.5, 0.6) is 0 Å². The second-order valence-electron chi connectivity index (χ2n) is 14.7. The topological polar surface area (TPSA) is 135 Å². The Balaban J connectivity index is 1.98. The summed E-state index contributed by atoms with van der Waals surface area (Å²) in [6.07, 6.45) is -1.46. The third-order valence-corrected chi connectivity index (χ3v) is 11.8.